The van der Waals surface area contributed by atoms with Crippen molar-refractivity contribution in [1.29, 1.82) is 0 Å². The van der Waals surface area contributed by atoms with E-state index in [2.05, 4.69) is 16.0 Å². The smallest absolute Gasteiger partial charge is 0.326 e. The lowest BCUT2D eigenvalue weighted by atomic mass is 10.0. The molecule has 1 aromatic carbocycles. The van der Waals surface area contributed by atoms with Gasteiger partial charge in [0.1, 0.15) is 18.1 Å². The van der Waals surface area contributed by atoms with Gasteiger partial charge >= 0.3 is 5.97 Å². The number of hydrogen-bond acceptors (Lipinski definition) is 7. The second-order valence-corrected chi connectivity index (χ2v) is 9.40. The molecule has 0 aliphatic carbocycles. The number of hydrogen-bond donors (Lipinski definition) is 7. The fraction of sp³-hybridized carbons (Fsp3) is 0.560. The predicted octanol–water partition coefficient (Wildman–Crippen LogP) is -0.854. The van der Waals surface area contributed by atoms with Gasteiger partial charge in [-0.1, -0.05) is 44.2 Å². The highest BCUT2D eigenvalue weighted by molar-refractivity contribution is 5.94. The number of nitrogens with two attached hydrogens (primary N) is 3. The Labute approximate surface area is 217 Å². The van der Waals surface area contributed by atoms with Crippen LogP contribution in [-0.4, -0.2) is 65.4 Å². The Kier molecular flexibility index (Phi) is 13.9. The van der Waals surface area contributed by atoms with Crippen molar-refractivity contribution >= 4 is 29.6 Å². The third-order valence-electron chi connectivity index (χ3n) is 5.58. The van der Waals surface area contributed by atoms with Crippen LogP contribution in [0.5, 0.6) is 0 Å². The quantitative estimate of drug-likeness (QED) is 0.128. The third-order valence-corrected chi connectivity index (χ3v) is 5.58. The fourth-order valence-electron chi connectivity index (χ4n) is 3.65. The number of carboxylic acids is 1. The topological polar surface area (TPSA) is 220 Å². The summed E-state index contributed by atoms with van der Waals surface area (Å²) < 4.78 is 0. The maximum atomic E-state index is 13.2. The highest BCUT2D eigenvalue weighted by Gasteiger charge is 2.31. The first-order valence-electron chi connectivity index (χ1n) is 12.4. The first-order valence-corrected chi connectivity index (χ1v) is 12.4. The van der Waals surface area contributed by atoms with Gasteiger partial charge in [-0.2, -0.15) is 0 Å². The minimum absolute atomic E-state index is 0.0416. The molecule has 0 aliphatic rings. The monoisotopic (exact) mass is 520 g/mol. The summed E-state index contributed by atoms with van der Waals surface area (Å²) in [5, 5.41) is 16.9. The Bertz CT molecular complexity index is 910. The average Bonchev–Trinajstić information content (AvgIpc) is 2.82. The normalized spacial score (nSPS) is 14.2. The number of amides is 4. The molecule has 4 unspecified atom stereocenters. The summed E-state index contributed by atoms with van der Waals surface area (Å²) in [6.45, 7) is 4.06. The summed E-state index contributed by atoms with van der Waals surface area (Å²) in [5.41, 5.74) is 17.6. The third kappa shape index (κ3) is 12.3. The number of carboxylic acid groups (broad SMARTS) is 1. The van der Waals surface area contributed by atoms with E-state index < -0.39 is 60.2 Å². The van der Waals surface area contributed by atoms with Gasteiger partial charge in [-0.25, -0.2) is 4.79 Å². The number of rotatable bonds is 17. The Balaban J connectivity index is 2.97. The number of unbranched alkanes of at least 4 members (excludes halogenated alkanes) is 1. The van der Waals surface area contributed by atoms with Crippen LogP contribution in [0.25, 0.3) is 0 Å². The zero-order valence-electron chi connectivity index (χ0n) is 21.4. The molecule has 0 aliphatic heterocycles. The first kappa shape index (κ1) is 31.5. The molecule has 0 heterocycles. The van der Waals surface area contributed by atoms with Gasteiger partial charge in [-0.15, -0.1) is 0 Å². The van der Waals surface area contributed by atoms with Crippen molar-refractivity contribution in [2.75, 3.05) is 6.54 Å². The van der Waals surface area contributed by atoms with E-state index in [1.807, 2.05) is 44.2 Å². The van der Waals surface area contributed by atoms with E-state index in [0.717, 1.165) is 5.56 Å². The van der Waals surface area contributed by atoms with E-state index in [1.165, 1.54) is 0 Å². The van der Waals surface area contributed by atoms with Crippen molar-refractivity contribution in [3.8, 4) is 0 Å². The largest absolute Gasteiger partial charge is 0.480 e. The zero-order valence-corrected chi connectivity index (χ0v) is 21.4. The van der Waals surface area contributed by atoms with E-state index in [1.54, 1.807) is 0 Å². The molecule has 1 aromatic rings. The summed E-state index contributed by atoms with van der Waals surface area (Å²) in [4.78, 5) is 61.4. The van der Waals surface area contributed by atoms with Crippen LogP contribution >= 0.6 is 0 Å². The molecule has 206 valence electrons. The van der Waals surface area contributed by atoms with Crippen molar-refractivity contribution in [2.45, 2.75) is 76.5 Å². The summed E-state index contributed by atoms with van der Waals surface area (Å²) in [7, 11) is 0. The van der Waals surface area contributed by atoms with Gasteiger partial charge < -0.3 is 38.3 Å². The van der Waals surface area contributed by atoms with Gasteiger partial charge in [0.05, 0.1) is 12.5 Å². The lowest BCUT2D eigenvalue weighted by Crippen LogP contribution is -2.57. The SMILES string of the molecule is CC(C)CC(NC(=O)C(CCCCN)NC(=O)C(N)Cc1ccccc1)C(=O)NC(CC(N)=O)C(=O)O. The van der Waals surface area contributed by atoms with Crippen LogP contribution in [0.1, 0.15) is 51.5 Å². The van der Waals surface area contributed by atoms with E-state index in [0.29, 0.717) is 19.4 Å². The minimum atomic E-state index is -1.53. The van der Waals surface area contributed by atoms with Gasteiger partial charge in [0.25, 0.3) is 0 Å². The van der Waals surface area contributed by atoms with Crippen LogP contribution in [0, 0.1) is 5.92 Å². The van der Waals surface area contributed by atoms with Crippen molar-refractivity contribution < 1.29 is 29.1 Å². The Morgan fingerprint density at radius 3 is 1.97 bits per heavy atom. The Hall–Kier alpha value is -3.51. The van der Waals surface area contributed by atoms with Crippen LogP contribution in [-0.2, 0) is 30.4 Å². The first-order chi connectivity index (χ1) is 17.4. The lowest BCUT2D eigenvalue weighted by molar-refractivity contribution is -0.144. The molecule has 0 radical (unpaired) electrons. The van der Waals surface area contributed by atoms with Gasteiger partial charge in [-0.05, 0) is 50.1 Å². The second-order valence-electron chi connectivity index (χ2n) is 9.40. The summed E-state index contributed by atoms with van der Waals surface area (Å²) >= 11 is 0. The predicted molar refractivity (Wildman–Crippen MR) is 138 cm³/mol. The molecule has 4 atom stereocenters. The van der Waals surface area contributed by atoms with Gasteiger partial charge in [0.15, 0.2) is 0 Å². The van der Waals surface area contributed by atoms with Gasteiger partial charge in [0.2, 0.25) is 23.6 Å². The number of carbonyl (C=O) groups is 5. The van der Waals surface area contributed by atoms with Crippen LogP contribution in [0.2, 0.25) is 0 Å². The molecule has 0 spiro atoms. The van der Waals surface area contributed by atoms with E-state index in [9.17, 15) is 29.1 Å². The van der Waals surface area contributed by atoms with Gasteiger partial charge in [-0.3, -0.25) is 19.2 Å². The van der Waals surface area contributed by atoms with Crippen LogP contribution in [0.15, 0.2) is 30.3 Å². The van der Waals surface area contributed by atoms with Crippen LogP contribution in [0.4, 0.5) is 0 Å². The maximum absolute atomic E-state index is 13.2. The molecule has 0 bridgehead atoms. The molecule has 12 nitrogen and oxygen atoms in total. The number of aliphatic carboxylic acids is 1. The molecular weight excluding hydrogens is 480 g/mol. The van der Waals surface area contributed by atoms with Gasteiger partial charge in [0, 0.05) is 0 Å². The lowest BCUT2D eigenvalue weighted by Gasteiger charge is -2.26. The summed E-state index contributed by atoms with van der Waals surface area (Å²) in [5.74, 6) is -4.27. The molecule has 0 saturated heterocycles. The molecule has 37 heavy (non-hydrogen) atoms. The number of primary amides is 1. The molecular formula is C25H40N6O6. The minimum Gasteiger partial charge on any atom is -0.480 e. The number of carbonyl (C=O) groups excluding carboxylic acids is 4. The van der Waals surface area contributed by atoms with E-state index in [-0.39, 0.29) is 25.2 Å². The Morgan fingerprint density at radius 1 is 0.865 bits per heavy atom. The van der Waals surface area contributed by atoms with Crippen molar-refractivity contribution in [1.82, 2.24) is 16.0 Å². The van der Waals surface area contributed by atoms with Crippen molar-refractivity contribution in [3.05, 3.63) is 35.9 Å². The van der Waals surface area contributed by atoms with Crippen LogP contribution in [0.3, 0.4) is 0 Å². The zero-order chi connectivity index (χ0) is 28.0. The summed E-state index contributed by atoms with van der Waals surface area (Å²) in [6, 6.07) is 4.69. The van der Waals surface area contributed by atoms with Crippen molar-refractivity contribution in [3.63, 3.8) is 0 Å². The number of nitrogens with one attached hydrogen (secondary N) is 3. The molecule has 10 N–H and O–H groups in total. The fourth-order valence-corrected chi connectivity index (χ4v) is 3.65. The average molecular weight is 521 g/mol. The Morgan fingerprint density at radius 2 is 1.43 bits per heavy atom. The van der Waals surface area contributed by atoms with Crippen LogP contribution < -0.4 is 33.2 Å². The van der Waals surface area contributed by atoms with E-state index in [4.69, 9.17) is 17.2 Å². The molecule has 4 amide bonds. The standard InChI is InChI=1S/C25H40N6O6/c1-15(2)12-19(24(35)31-20(25(36)37)14-21(28)32)30-23(34)18(10-6-7-11-26)29-22(33)17(27)13-16-8-4-3-5-9-16/h3-5,8-9,15,17-20H,6-7,10-14,26-27H2,1-2H3,(H2,28,32)(H,29,33)(H,30,34)(H,31,35)(H,36,37). The molecule has 0 aromatic heterocycles. The molecule has 0 saturated carbocycles. The number of benzene rings is 1. The molecule has 12 heteroatoms. The maximum Gasteiger partial charge on any atom is 0.326 e. The summed E-state index contributed by atoms with van der Waals surface area (Å²) in [6.07, 6.45) is 1.31. The molecule has 0 fully saturated rings. The van der Waals surface area contributed by atoms with Crippen molar-refractivity contribution in [2.24, 2.45) is 23.1 Å². The highest BCUT2D eigenvalue weighted by Crippen LogP contribution is 2.09. The molecule has 1 rings (SSSR count). The highest BCUT2D eigenvalue weighted by atomic mass is 16.4. The van der Waals surface area contributed by atoms with E-state index >= 15 is 0 Å². The second kappa shape index (κ2) is 16.3.